The van der Waals surface area contributed by atoms with Gasteiger partial charge in [-0.2, -0.15) is 0 Å². The Kier molecular flexibility index (Phi) is 13.6. The monoisotopic (exact) mass is 696 g/mol. The number of rotatable bonds is 15. The van der Waals surface area contributed by atoms with E-state index in [-0.39, 0.29) is 47.4 Å². The second kappa shape index (κ2) is 17.4. The van der Waals surface area contributed by atoms with E-state index in [4.69, 9.17) is 28.4 Å². The number of ether oxygens (including phenoxy) is 6. The highest BCUT2D eigenvalue weighted by molar-refractivity contribution is 5.90. The van der Waals surface area contributed by atoms with E-state index >= 15 is 0 Å². The summed E-state index contributed by atoms with van der Waals surface area (Å²) in [6.07, 6.45) is -12.5. The Morgan fingerprint density at radius 2 is 1.08 bits per heavy atom. The third-order valence-electron chi connectivity index (χ3n) is 8.30. The van der Waals surface area contributed by atoms with Gasteiger partial charge in [-0.25, -0.2) is 0 Å². The molecule has 0 aliphatic carbocycles. The van der Waals surface area contributed by atoms with E-state index < -0.39 is 74.6 Å². The van der Waals surface area contributed by atoms with Gasteiger partial charge in [0, 0.05) is 18.9 Å². The average Bonchev–Trinajstić information content (AvgIpc) is 3.10. The summed E-state index contributed by atoms with van der Waals surface area (Å²) in [5.41, 5.74) is 1.43. The zero-order valence-electron chi connectivity index (χ0n) is 26.9. The fourth-order valence-corrected chi connectivity index (χ4v) is 5.38. The van der Waals surface area contributed by atoms with Gasteiger partial charge in [0.25, 0.3) is 0 Å². The lowest BCUT2D eigenvalue weighted by molar-refractivity contribution is -0.277. The fraction of sp³-hybridized carbons (Fsp3) is 0.545. The minimum atomic E-state index is -1.60. The van der Waals surface area contributed by atoms with Crippen LogP contribution in [-0.2, 0) is 27.1 Å². The van der Waals surface area contributed by atoms with Gasteiger partial charge in [-0.15, -0.1) is 0 Å². The molecule has 2 saturated heterocycles. The number of carbonyl (C=O) groups excluding carboxylic acids is 1. The summed E-state index contributed by atoms with van der Waals surface area (Å²) < 4.78 is 32.8. The van der Waals surface area contributed by atoms with E-state index in [0.29, 0.717) is 18.4 Å². The molecule has 2 aliphatic rings. The molecule has 0 saturated carbocycles. The topological polar surface area (TPSA) is 255 Å². The van der Waals surface area contributed by atoms with Crippen LogP contribution in [0.2, 0.25) is 0 Å². The zero-order chi connectivity index (χ0) is 35.8. The van der Waals surface area contributed by atoms with Gasteiger partial charge in [0.2, 0.25) is 12.6 Å². The van der Waals surface area contributed by atoms with Gasteiger partial charge in [0.1, 0.15) is 48.8 Å². The molecule has 0 amide bonds. The molecule has 2 fully saturated rings. The van der Waals surface area contributed by atoms with Gasteiger partial charge in [-0.3, -0.25) is 4.79 Å². The van der Waals surface area contributed by atoms with E-state index in [1.54, 1.807) is 24.3 Å². The maximum Gasteiger partial charge on any atom is 0.229 e. The number of allylic oxidation sites excluding steroid dienone is 2. The number of hydrogen-bond donors (Lipinski definition) is 9. The van der Waals surface area contributed by atoms with Crippen molar-refractivity contribution in [2.45, 2.75) is 87.1 Å². The molecule has 0 unspecified atom stereocenters. The van der Waals surface area contributed by atoms with Crippen molar-refractivity contribution < 1.29 is 79.2 Å². The van der Waals surface area contributed by atoms with E-state index in [2.05, 4.69) is 0 Å². The molecule has 49 heavy (non-hydrogen) atoms. The van der Waals surface area contributed by atoms with Crippen LogP contribution < -0.4 is 18.9 Å². The molecule has 272 valence electrons. The Morgan fingerprint density at radius 1 is 0.653 bits per heavy atom. The van der Waals surface area contributed by atoms with Crippen LogP contribution in [0.3, 0.4) is 0 Å². The van der Waals surface area contributed by atoms with Crippen LogP contribution in [0.5, 0.6) is 23.0 Å². The molecule has 2 aliphatic heterocycles. The number of aliphatic hydroxyl groups is 9. The van der Waals surface area contributed by atoms with Crippen molar-refractivity contribution in [3.63, 3.8) is 0 Å². The van der Waals surface area contributed by atoms with Crippen molar-refractivity contribution in [1.82, 2.24) is 0 Å². The third kappa shape index (κ3) is 9.37. The Labute approximate surface area is 281 Å². The molecule has 2 heterocycles. The lowest BCUT2D eigenvalue weighted by Gasteiger charge is -2.39. The molecule has 0 spiro atoms. The van der Waals surface area contributed by atoms with Crippen LogP contribution in [-0.4, -0.2) is 141 Å². The number of methoxy groups -OCH3 is 2. The number of aryl methyl sites for hydroxylation is 2. The van der Waals surface area contributed by atoms with Crippen LogP contribution in [0.15, 0.2) is 48.2 Å². The smallest absolute Gasteiger partial charge is 0.229 e. The number of ketones is 1. The summed E-state index contributed by atoms with van der Waals surface area (Å²) in [4.78, 5) is 12.6. The van der Waals surface area contributed by atoms with E-state index in [1.165, 1.54) is 26.4 Å². The molecule has 0 aromatic heterocycles. The summed E-state index contributed by atoms with van der Waals surface area (Å²) in [6, 6.07) is 9.66. The molecule has 0 radical (unpaired) electrons. The maximum atomic E-state index is 12.6. The second-order valence-corrected chi connectivity index (χ2v) is 11.7. The molecule has 2 aromatic carbocycles. The first kappa shape index (κ1) is 38.3. The first-order chi connectivity index (χ1) is 23.4. The lowest BCUT2D eigenvalue weighted by atomic mass is 9.99. The van der Waals surface area contributed by atoms with Crippen LogP contribution in [0.1, 0.15) is 24.0 Å². The summed E-state index contributed by atoms with van der Waals surface area (Å²) in [6.45, 7) is -1.21. The number of carbonyl (C=O) groups is 1. The van der Waals surface area contributed by atoms with E-state index in [9.17, 15) is 50.8 Å². The largest absolute Gasteiger partial charge is 0.512 e. The van der Waals surface area contributed by atoms with Crippen LogP contribution in [0.4, 0.5) is 0 Å². The first-order valence-corrected chi connectivity index (χ1v) is 15.6. The van der Waals surface area contributed by atoms with Crippen molar-refractivity contribution in [1.29, 1.82) is 0 Å². The predicted octanol–water partition coefficient (Wildman–Crippen LogP) is -1.36. The van der Waals surface area contributed by atoms with Crippen molar-refractivity contribution in [3.8, 4) is 23.0 Å². The summed E-state index contributed by atoms with van der Waals surface area (Å²) in [7, 11) is 2.78. The minimum absolute atomic E-state index is 0.0674. The fourth-order valence-electron chi connectivity index (χ4n) is 5.38. The van der Waals surface area contributed by atoms with Gasteiger partial charge in [-0.1, -0.05) is 12.1 Å². The average molecular weight is 697 g/mol. The number of hydrogen-bond acceptors (Lipinski definition) is 16. The number of benzene rings is 2. The standard InChI is InChI=1S/C33H44O16/c1-44-22-11-16(5-9-20(22)46-32-30(42)28(40)26(38)24(14-34)48-32)3-7-18(36)13-19(37)8-4-17-6-10-21(23(12-17)45-2)47-33-31(43)29(41)27(39)25(15-35)49-33/h5-6,9-13,24-36,38-43H,3-4,7-8,14-15H2,1-2H3/b18-13-/t24-,25-,26-,27-,28+,29+,30-,31-,32-,33-/m1/s1. The highest BCUT2D eigenvalue weighted by Gasteiger charge is 2.46. The van der Waals surface area contributed by atoms with E-state index in [1.807, 2.05) is 0 Å². The van der Waals surface area contributed by atoms with Crippen LogP contribution >= 0.6 is 0 Å². The van der Waals surface area contributed by atoms with Crippen molar-refractivity contribution in [3.05, 3.63) is 59.4 Å². The normalized spacial score (nSPS) is 30.4. The molecule has 16 nitrogen and oxygen atoms in total. The van der Waals surface area contributed by atoms with Crippen molar-refractivity contribution in [2.24, 2.45) is 0 Å². The summed E-state index contributed by atoms with van der Waals surface area (Å²) in [5.74, 6) is 0.375. The van der Waals surface area contributed by atoms with Gasteiger partial charge in [0.15, 0.2) is 28.8 Å². The maximum absolute atomic E-state index is 12.6. The molecule has 10 atom stereocenters. The minimum Gasteiger partial charge on any atom is -0.512 e. The molecular weight excluding hydrogens is 652 g/mol. The Morgan fingerprint density at radius 3 is 1.49 bits per heavy atom. The Balaban J connectivity index is 1.29. The number of aliphatic hydroxyl groups excluding tert-OH is 9. The van der Waals surface area contributed by atoms with Gasteiger partial charge in [0.05, 0.1) is 33.2 Å². The van der Waals surface area contributed by atoms with Crippen molar-refractivity contribution >= 4 is 5.78 Å². The van der Waals surface area contributed by atoms with Gasteiger partial charge < -0.3 is 74.4 Å². The zero-order valence-corrected chi connectivity index (χ0v) is 26.9. The summed E-state index contributed by atoms with van der Waals surface area (Å²) in [5, 5.41) is 89.7. The molecular formula is C33H44O16. The molecule has 16 heteroatoms. The molecule has 0 bridgehead atoms. The molecule has 2 aromatic rings. The molecule has 4 rings (SSSR count). The summed E-state index contributed by atoms with van der Waals surface area (Å²) >= 11 is 0. The Hall–Kier alpha value is -3.55. The highest BCUT2D eigenvalue weighted by atomic mass is 16.7. The van der Waals surface area contributed by atoms with E-state index in [0.717, 1.165) is 11.6 Å². The lowest BCUT2D eigenvalue weighted by Crippen LogP contribution is -2.60. The first-order valence-electron chi connectivity index (χ1n) is 15.6. The highest BCUT2D eigenvalue weighted by Crippen LogP contribution is 2.34. The second-order valence-electron chi connectivity index (χ2n) is 11.7. The Bertz CT molecular complexity index is 1410. The van der Waals surface area contributed by atoms with Crippen LogP contribution in [0.25, 0.3) is 0 Å². The predicted molar refractivity (Wildman–Crippen MR) is 167 cm³/mol. The SMILES string of the molecule is COc1cc(CCC(=O)/C=C(\O)CCc2ccc(O[C@@H]3O[C@H](CO)[C@@H](O)[C@H](O)[C@H]3O)c(OC)c2)ccc1O[C@@H]1O[C@H](CO)[C@@H](O)[C@H](O)[C@H]1O. The quantitative estimate of drug-likeness (QED) is 0.0770. The molecule has 9 N–H and O–H groups in total. The van der Waals surface area contributed by atoms with Crippen molar-refractivity contribution in [2.75, 3.05) is 27.4 Å². The third-order valence-corrected chi connectivity index (χ3v) is 8.30. The van der Waals surface area contributed by atoms with Crippen LogP contribution in [0, 0.1) is 0 Å². The van der Waals surface area contributed by atoms with Gasteiger partial charge >= 0.3 is 0 Å². The van der Waals surface area contributed by atoms with Gasteiger partial charge in [-0.05, 0) is 48.2 Å².